The minimum absolute atomic E-state index is 0.0307. The van der Waals surface area contributed by atoms with Crippen LogP contribution >= 0.6 is 46.1 Å². The summed E-state index contributed by atoms with van der Waals surface area (Å²) in [4.78, 5) is 4.92. The molecule has 0 spiro atoms. The summed E-state index contributed by atoms with van der Waals surface area (Å²) in [7, 11) is 0. The number of thiazole rings is 1. The van der Waals surface area contributed by atoms with Crippen LogP contribution in [0.4, 0.5) is 0 Å². The van der Waals surface area contributed by atoms with Gasteiger partial charge in [-0.3, -0.25) is 0 Å². The van der Waals surface area contributed by atoms with Crippen molar-refractivity contribution in [2.45, 2.75) is 12.5 Å². The highest BCUT2D eigenvalue weighted by molar-refractivity contribution is 7.16. The Labute approximate surface area is 129 Å². The molecule has 2 aromatic rings. The van der Waals surface area contributed by atoms with Crippen molar-refractivity contribution >= 4 is 51.9 Å². The van der Waals surface area contributed by atoms with Gasteiger partial charge in [-0.1, -0.05) is 46.9 Å². The molecule has 0 saturated heterocycles. The van der Waals surface area contributed by atoms with Crippen molar-refractivity contribution in [2.75, 3.05) is 0 Å². The molecule has 0 saturated carbocycles. The Morgan fingerprint density at radius 1 is 1.16 bits per heavy atom. The lowest BCUT2D eigenvalue weighted by atomic mass is 10.0. The van der Waals surface area contributed by atoms with Gasteiger partial charge < -0.3 is 5.43 Å². The number of rotatable bonds is 2. The SMILES string of the molecule is Clc1ccc(C2=NNC(c3sc(Cl)nc3Cl)C2)cc1. The van der Waals surface area contributed by atoms with Crippen LogP contribution in [-0.4, -0.2) is 10.7 Å². The highest BCUT2D eigenvalue weighted by Gasteiger charge is 2.25. The molecule has 1 aliphatic heterocycles. The van der Waals surface area contributed by atoms with E-state index in [1.807, 2.05) is 24.3 Å². The maximum absolute atomic E-state index is 6.05. The van der Waals surface area contributed by atoms with Gasteiger partial charge in [0.25, 0.3) is 0 Å². The minimum atomic E-state index is 0.0307. The lowest BCUT2D eigenvalue weighted by Gasteiger charge is -2.06. The molecule has 3 rings (SSSR count). The number of benzene rings is 1. The van der Waals surface area contributed by atoms with E-state index in [-0.39, 0.29) is 6.04 Å². The monoisotopic (exact) mass is 331 g/mol. The van der Waals surface area contributed by atoms with Gasteiger partial charge in [0, 0.05) is 11.4 Å². The van der Waals surface area contributed by atoms with Crippen LogP contribution in [0.3, 0.4) is 0 Å². The van der Waals surface area contributed by atoms with E-state index in [9.17, 15) is 0 Å². The van der Waals surface area contributed by atoms with Gasteiger partial charge in [-0.15, -0.1) is 11.3 Å². The maximum atomic E-state index is 6.05. The zero-order valence-corrected chi connectivity index (χ0v) is 12.6. The second-order valence-corrected chi connectivity index (χ2v) is 6.48. The van der Waals surface area contributed by atoms with Crippen molar-refractivity contribution in [1.29, 1.82) is 0 Å². The lowest BCUT2D eigenvalue weighted by Crippen LogP contribution is -2.08. The first-order valence-corrected chi connectivity index (χ1v) is 7.48. The zero-order valence-electron chi connectivity index (χ0n) is 9.53. The maximum Gasteiger partial charge on any atom is 0.185 e. The molecule has 1 unspecified atom stereocenters. The van der Waals surface area contributed by atoms with Crippen molar-refractivity contribution in [3.63, 3.8) is 0 Å². The molecule has 98 valence electrons. The molecule has 3 nitrogen and oxygen atoms in total. The fourth-order valence-electron chi connectivity index (χ4n) is 1.92. The van der Waals surface area contributed by atoms with E-state index < -0.39 is 0 Å². The number of aromatic nitrogens is 1. The normalized spacial score (nSPS) is 18.3. The number of nitrogens with zero attached hydrogens (tertiary/aromatic N) is 2. The van der Waals surface area contributed by atoms with Crippen molar-refractivity contribution in [1.82, 2.24) is 10.4 Å². The Morgan fingerprint density at radius 3 is 2.53 bits per heavy atom. The molecule has 19 heavy (non-hydrogen) atoms. The predicted octanol–water partition coefficient (Wildman–Crippen LogP) is 4.54. The Morgan fingerprint density at radius 2 is 1.89 bits per heavy atom. The Bertz CT molecular complexity index is 636. The summed E-state index contributed by atoms with van der Waals surface area (Å²) in [5, 5.41) is 5.50. The molecular formula is C12H8Cl3N3S. The Balaban J connectivity index is 1.79. The molecule has 0 radical (unpaired) electrons. The van der Waals surface area contributed by atoms with E-state index in [0.717, 1.165) is 22.6 Å². The summed E-state index contributed by atoms with van der Waals surface area (Å²) in [5.41, 5.74) is 5.09. The topological polar surface area (TPSA) is 37.3 Å². The molecule has 0 amide bonds. The van der Waals surface area contributed by atoms with Crippen LogP contribution in [0.25, 0.3) is 0 Å². The van der Waals surface area contributed by atoms with Crippen molar-refractivity contribution in [3.8, 4) is 0 Å². The van der Waals surface area contributed by atoms with Gasteiger partial charge in [-0.05, 0) is 17.7 Å². The van der Waals surface area contributed by atoms with Gasteiger partial charge in [0.15, 0.2) is 4.47 Å². The molecule has 1 atom stereocenters. The third-order valence-corrected chi connectivity index (χ3v) is 4.76. The van der Waals surface area contributed by atoms with Crippen LogP contribution in [0.15, 0.2) is 29.4 Å². The van der Waals surface area contributed by atoms with Gasteiger partial charge in [0.05, 0.1) is 16.6 Å². The summed E-state index contributed by atoms with van der Waals surface area (Å²) < 4.78 is 0.446. The van der Waals surface area contributed by atoms with E-state index in [1.165, 1.54) is 11.3 Å². The fraction of sp³-hybridized carbons (Fsp3) is 0.167. The van der Waals surface area contributed by atoms with E-state index in [4.69, 9.17) is 34.8 Å². The predicted molar refractivity (Wildman–Crippen MR) is 80.6 cm³/mol. The van der Waals surface area contributed by atoms with Gasteiger partial charge in [-0.25, -0.2) is 4.98 Å². The quantitative estimate of drug-likeness (QED) is 0.876. The number of hydrogen-bond acceptors (Lipinski definition) is 4. The number of hydrogen-bond donors (Lipinski definition) is 1. The number of hydrazone groups is 1. The van der Waals surface area contributed by atoms with Crippen LogP contribution < -0.4 is 5.43 Å². The molecule has 1 aromatic heterocycles. The first-order chi connectivity index (χ1) is 9.13. The molecule has 1 aromatic carbocycles. The lowest BCUT2D eigenvalue weighted by molar-refractivity contribution is 0.629. The summed E-state index contributed by atoms with van der Waals surface area (Å²) >= 11 is 19.2. The molecule has 1 aliphatic rings. The Hall–Kier alpha value is -0.810. The standard InChI is InChI=1S/C12H8Cl3N3S/c13-7-3-1-6(2-4-7)8-5-9(18-17-8)10-11(14)16-12(15)19-10/h1-4,9,18H,5H2. The number of nitrogens with one attached hydrogen (secondary N) is 1. The Kier molecular flexibility index (Phi) is 3.67. The fourth-order valence-corrected chi connectivity index (χ4v) is 3.53. The van der Waals surface area contributed by atoms with Crippen molar-refractivity contribution in [3.05, 3.63) is 49.3 Å². The van der Waals surface area contributed by atoms with E-state index in [0.29, 0.717) is 14.6 Å². The van der Waals surface area contributed by atoms with Gasteiger partial charge in [0.1, 0.15) is 5.15 Å². The van der Waals surface area contributed by atoms with Crippen LogP contribution in [0.5, 0.6) is 0 Å². The summed E-state index contributed by atoms with van der Waals surface area (Å²) in [6.07, 6.45) is 0.750. The second-order valence-electron chi connectivity index (χ2n) is 4.07. The molecular weight excluding hydrogens is 325 g/mol. The van der Waals surface area contributed by atoms with E-state index in [1.54, 1.807) is 0 Å². The van der Waals surface area contributed by atoms with E-state index in [2.05, 4.69) is 15.5 Å². The highest BCUT2D eigenvalue weighted by Crippen LogP contribution is 2.35. The smallest absolute Gasteiger partial charge is 0.185 e. The van der Waals surface area contributed by atoms with Crippen molar-refractivity contribution in [2.24, 2.45) is 5.10 Å². The van der Waals surface area contributed by atoms with Crippen molar-refractivity contribution < 1.29 is 0 Å². The van der Waals surface area contributed by atoms with Crippen LogP contribution in [0, 0.1) is 0 Å². The second kappa shape index (κ2) is 5.29. The summed E-state index contributed by atoms with van der Waals surface area (Å²) in [6.45, 7) is 0. The highest BCUT2D eigenvalue weighted by atomic mass is 35.5. The molecule has 7 heteroatoms. The van der Waals surface area contributed by atoms with Gasteiger partial charge in [0.2, 0.25) is 0 Å². The molecule has 1 N–H and O–H groups in total. The third kappa shape index (κ3) is 2.72. The van der Waals surface area contributed by atoms with Gasteiger partial charge in [-0.2, -0.15) is 5.10 Å². The molecule has 0 aliphatic carbocycles. The third-order valence-electron chi connectivity index (χ3n) is 2.83. The summed E-state index contributed by atoms with van der Waals surface area (Å²) in [5.74, 6) is 0. The molecule has 0 fully saturated rings. The average molecular weight is 333 g/mol. The molecule has 2 heterocycles. The number of halogens is 3. The van der Waals surface area contributed by atoms with Crippen LogP contribution in [-0.2, 0) is 0 Å². The summed E-state index contributed by atoms with van der Waals surface area (Å²) in [6, 6.07) is 7.63. The zero-order chi connectivity index (χ0) is 13.4. The first-order valence-electron chi connectivity index (χ1n) is 5.53. The minimum Gasteiger partial charge on any atom is -0.301 e. The van der Waals surface area contributed by atoms with Crippen LogP contribution in [0.2, 0.25) is 14.6 Å². The largest absolute Gasteiger partial charge is 0.301 e. The van der Waals surface area contributed by atoms with E-state index >= 15 is 0 Å². The molecule has 0 bridgehead atoms. The first kappa shape index (κ1) is 13.2. The van der Waals surface area contributed by atoms with Crippen LogP contribution in [0.1, 0.15) is 22.9 Å². The van der Waals surface area contributed by atoms with Gasteiger partial charge >= 0.3 is 0 Å². The average Bonchev–Trinajstić information content (AvgIpc) is 2.97.